The molecule has 2 heterocycles. The average Bonchev–Trinajstić information content (AvgIpc) is 2.72. The van der Waals surface area contributed by atoms with Gasteiger partial charge < -0.3 is 9.64 Å². The standard InChI is InChI=1S/C12H20ClNO2/c1-2-10(13)11(15)14-7-6-12(9-14)5-3-4-8-16-12/h10H,2-9H2,1H3. The Labute approximate surface area is 102 Å². The summed E-state index contributed by atoms with van der Waals surface area (Å²) in [5.41, 5.74) is -0.0434. The first kappa shape index (κ1) is 12.2. The zero-order chi connectivity index (χ0) is 11.6. The highest BCUT2D eigenvalue weighted by Crippen LogP contribution is 2.34. The quantitative estimate of drug-likeness (QED) is 0.698. The Kier molecular flexibility index (Phi) is 3.75. The molecule has 92 valence electrons. The summed E-state index contributed by atoms with van der Waals surface area (Å²) in [5.74, 6) is 0.0789. The summed E-state index contributed by atoms with van der Waals surface area (Å²) in [5, 5.41) is -0.362. The molecular formula is C12H20ClNO2. The number of likely N-dealkylation sites (tertiary alicyclic amines) is 1. The van der Waals surface area contributed by atoms with Crippen LogP contribution in [0.25, 0.3) is 0 Å². The summed E-state index contributed by atoms with van der Waals surface area (Å²) in [6, 6.07) is 0. The van der Waals surface area contributed by atoms with Crippen LogP contribution in [0.15, 0.2) is 0 Å². The van der Waals surface area contributed by atoms with Crippen LogP contribution in [0.3, 0.4) is 0 Å². The molecule has 0 aromatic heterocycles. The molecule has 2 aliphatic heterocycles. The molecule has 0 aliphatic carbocycles. The predicted octanol–water partition coefficient (Wildman–Crippen LogP) is 2.18. The second-order valence-electron chi connectivity index (χ2n) is 4.87. The molecule has 1 amide bonds. The van der Waals surface area contributed by atoms with E-state index in [2.05, 4.69) is 0 Å². The van der Waals surface area contributed by atoms with Crippen molar-refractivity contribution in [3.63, 3.8) is 0 Å². The molecule has 3 nitrogen and oxygen atoms in total. The van der Waals surface area contributed by atoms with Crippen molar-refractivity contribution in [2.24, 2.45) is 0 Å². The molecule has 0 aromatic rings. The number of rotatable bonds is 2. The molecule has 2 aliphatic rings. The number of carbonyl (C=O) groups is 1. The smallest absolute Gasteiger partial charge is 0.240 e. The lowest BCUT2D eigenvalue weighted by atomic mass is 9.93. The van der Waals surface area contributed by atoms with Gasteiger partial charge in [-0.15, -0.1) is 11.6 Å². The van der Waals surface area contributed by atoms with E-state index in [0.717, 1.165) is 39.0 Å². The molecule has 0 aromatic carbocycles. The van der Waals surface area contributed by atoms with Crippen molar-refractivity contribution >= 4 is 17.5 Å². The molecule has 0 bridgehead atoms. The Bertz CT molecular complexity index is 264. The van der Waals surface area contributed by atoms with Gasteiger partial charge in [0.15, 0.2) is 0 Å². The Morgan fingerprint density at radius 2 is 2.31 bits per heavy atom. The number of hydrogen-bond donors (Lipinski definition) is 0. The van der Waals surface area contributed by atoms with Crippen LogP contribution < -0.4 is 0 Å². The normalized spacial score (nSPS) is 32.0. The maximum Gasteiger partial charge on any atom is 0.240 e. The molecule has 0 N–H and O–H groups in total. The van der Waals surface area contributed by atoms with Crippen molar-refractivity contribution in [3.05, 3.63) is 0 Å². The highest BCUT2D eigenvalue weighted by molar-refractivity contribution is 6.30. The first-order valence-corrected chi connectivity index (χ1v) is 6.67. The van der Waals surface area contributed by atoms with E-state index in [-0.39, 0.29) is 16.9 Å². The van der Waals surface area contributed by atoms with Gasteiger partial charge in [-0.3, -0.25) is 4.79 Å². The number of amides is 1. The number of nitrogens with zero attached hydrogens (tertiary/aromatic N) is 1. The van der Waals surface area contributed by atoms with E-state index in [4.69, 9.17) is 16.3 Å². The Balaban J connectivity index is 1.94. The Morgan fingerprint density at radius 3 is 2.94 bits per heavy atom. The van der Waals surface area contributed by atoms with E-state index in [0.29, 0.717) is 6.42 Å². The van der Waals surface area contributed by atoms with E-state index < -0.39 is 0 Å². The molecule has 2 atom stereocenters. The van der Waals surface area contributed by atoms with Crippen LogP contribution in [0.5, 0.6) is 0 Å². The van der Waals surface area contributed by atoms with Gasteiger partial charge in [0.2, 0.25) is 5.91 Å². The summed E-state index contributed by atoms with van der Waals surface area (Å²) in [4.78, 5) is 13.8. The largest absolute Gasteiger partial charge is 0.373 e. The second kappa shape index (κ2) is 4.92. The molecule has 2 saturated heterocycles. The van der Waals surface area contributed by atoms with Gasteiger partial charge in [0.05, 0.1) is 5.60 Å². The second-order valence-corrected chi connectivity index (χ2v) is 5.40. The van der Waals surface area contributed by atoms with Crippen molar-refractivity contribution in [2.75, 3.05) is 19.7 Å². The van der Waals surface area contributed by atoms with Crippen molar-refractivity contribution in [1.82, 2.24) is 4.90 Å². The third-order valence-corrected chi connectivity index (χ3v) is 4.18. The fraction of sp³-hybridized carbons (Fsp3) is 0.917. The van der Waals surface area contributed by atoms with Crippen molar-refractivity contribution in [2.45, 2.75) is 50.0 Å². The summed E-state index contributed by atoms with van der Waals surface area (Å²) in [6.45, 7) is 4.34. The number of carbonyl (C=O) groups excluding carboxylic acids is 1. The summed E-state index contributed by atoms with van der Waals surface area (Å²) >= 11 is 5.99. The van der Waals surface area contributed by atoms with Crippen LogP contribution >= 0.6 is 11.6 Å². The van der Waals surface area contributed by atoms with E-state index in [1.807, 2.05) is 11.8 Å². The molecule has 2 fully saturated rings. The third kappa shape index (κ3) is 2.35. The molecule has 2 rings (SSSR count). The van der Waals surface area contributed by atoms with Crippen LogP contribution in [-0.4, -0.2) is 41.5 Å². The van der Waals surface area contributed by atoms with Gasteiger partial charge >= 0.3 is 0 Å². The first-order valence-electron chi connectivity index (χ1n) is 6.24. The van der Waals surface area contributed by atoms with Crippen molar-refractivity contribution in [3.8, 4) is 0 Å². The minimum Gasteiger partial charge on any atom is -0.373 e. The van der Waals surface area contributed by atoms with Gasteiger partial charge in [0.25, 0.3) is 0 Å². The van der Waals surface area contributed by atoms with Crippen LogP contribution in [0.1, 0.15) is 39.0 Å². The molecule has 0 saturated carbocycles. The lowest BCUT2D eigenvalue weighted by Gasteiger charge is -2.33. The van der Waals surface area contributed by atoms with E-state index >= 15 is 0 Å². The van der Waals surface area contributed by atoms with Crippen LogP contribution in [0.2, 0.25) is 0 Å². The fourth-order valence-electron chi connectivity index (χ4n) is 2.64. The lowest BCUT2D eigenvalue weighted by molar-refractivity contribution is -0.132. The van der Waals surface area contributed by atoms with Gasteiger partial charge in [0, 0.05) is 19.7 Å². The maximum absolute atomic E-state index is 11.9. The van der Waals surface area contributed by atoms with Gasteiger partial charge in [-0.05, 0) is 32.1 Å². The van der Waals surface area contributed by atoms with Gasteiger partial charge in [0.1, 0.15) is 5.38 Å². The Morgan fingerprint density at radius 1 is 1.50 bits per heavy atom. The zero-order valence-corrected chi connectivity index (χ0v) is 10.6. The number of halogens is 1. The highest BCUT2D eigenvalue weighted by Gasteiger charge is 2.42. The minimum atomic E-state index is -0.362. The van der Waals surface area contributed by atoms with Gasteiger partial charge in [-0.25, -0.2) is 0 Å². The average molecular weight is 246 g/mol. The summed E-state index contributed by atoms with van der Waals surface area (Å²) in [6.07, 6.45) is 5.15. The zero-order valence-electron chi connectivity index (χ0n) is 9.88. The predicted molar refractivity (Wildman–Crippen MR) is 63.7 cm³/mol. The monoisotopic (exact) mass is 245 g/mol. The number of hydrogen-bond acceptors (Lipinski definition) is 2. The highest BCUT2D eigenvalue weighted by atomic mass is 35.5. The van der Waals surface area contributed by atoms with E-state index in [1.165, 1.54) is 6.42 Å². The van der Waals surface area contributed by atoms with E-state index in [9.17, 15) is 4.79 Å². The first-order chi connectivity index (χ1) is 7.67. The van der Waals surface area contributed by atoms with Crippen LogP contribution in [-0.2, 0) is 9.53 Å². The van der Waals surface area contributed by atoms with Crippen molar-refractivity contribution < 1.29 is 9.53 Å². The fourth-order valence-corrected chi connectivity index (χ4v) is 2.78. The molecule has 4 heteroatoms. The summed E-state index contributed by atoms with van der Waals surface area (Å²) in [7, 11) is 0. The SMILES string of the molecule is CCC(Cl)C(=O)N1CCC2(CCCCO2)C1. The summed E-state index contributed by atoms with van der Waals surface area (Å²) < 4.78 is 5.88. The number of alkyl halides is 1. The molecule has 1 spiro atoms. The number of ether oxygens (including phenoxy) is 1. The molecular weight excluding hydrogens is 226 g/mol. The molecule has 0 radical (unpaired) electrons. The topological polar surface area (TPSA) is 29.5 Å². The van der Waals surface area contributed by atoms with Crippen molar-refractivity contribution in [1.29, 1.82) is 0 Å². The maximum atomic E-state index is 11.9. The van der Waals surface area contributed by atoms with Crippen LogP contribution in [0.4, 0.5) is 0 Å². The van der Waals surface area contributed by atoms with Gasteiger partial charge in [-0.1, -0.05) is 6.92 Å². The Hall–Kier alpha value is -0.280. The molecule has 16 heavy (non-hydrogen) atoms. The third-order valence-electron chi connectivity index (χ3n) is 3.69. The minimum absolute atomic E-state index is 0.0434. The van der Waals surface area contributed by atoms with Gasteiger partial charge in [-0.2, -0.15) is 0 Å². The molecule has 2 unspecified atom stereocenters. The van der Waals surface area contributed by atoms with E-state index in [1.54, 1.807) is 0 Å². The lowest BCUT2D eigenvalue weighted by Crippen LogP contribution is -2.42. The van der Waals surface area contributed by atoms with Crippen LogP contribution in [0, 0.1) is 0 Å².